The topological polar surface area (TPSA) is 350 Å². The zero-order valence-corrected chi connectivity index (χ0v) is 42.6. The van der Waals surface area contributed by atoms with E-state index >= 15 is 0 Å². The number of fused-ring (bicyclic) bond motifs is 1. The molecule has 20 nitrogen and oxygen atoms in total. The monoisotopic (exact) mass is 976 g/mol. The molecule has 0 saturated carbocycles. The SMILES string of the molecule is O=S(=O)(O)c1cc(N=C([O-])CCS(=O)(=O)c2ccccc2)c2c([O-])c(N=Nc3ccc(N=C([O-])CCS(=O)(=O)c4ccccc4)cc3S(=O)(=O)O)c(S(=O)(=O)O)cc2c1.[Na+].[Na+].[Na+]. The smallest absolute Gasteiger partial charge is 0.870 e. The molecule has 5 aromatic carbocycles. The van der Waals surface area contributed by atoms with E-state index in [9.17, 15) is 71.1 Å². The summed E-state index contributed by atoms with van der Waals surface area (Å²) < 4.78 is 154. The van der Waals surface area contributed by atoms with E-state index in [2.05, 4.69) is 20.2 Å². The molecule has 0 aliphatic carbocycles. The molecule has 0 spiro atoms. The first-order valence-corrected chi connectivity index (χ1v) is 23.8. The van der Waals surface area contributed by atoms with E-state index in [0.717, 1.165) is 12.1 Å². The Hall–Kier alpha value is -2.67. The van der Waals surface area contributed by atoms with Crippen molar-refractivity contribution in [2.75, 3.05) is 11.5 Å². The van der Waals surface area contributed by atoms with Crippen LogP contribution in [0.2, 0.25) is 0 Å². The van der Waals surface area contributed by atoms with Crippen LogP contribution in [-0.4, -0.2) is 79.0 Å². The van der Waals surface area contributed by atoms with Crippen LogP contribution in [0, 0.1) is 0 Å². The van der Waals surface area contributed by atoms with E-state index in [0.29, 0.717) is 24.3 Å². The van der Waals surface area contributed by atoms with Crippen molar-refractivity contribution >= 4 is 95.3 Å². The van der Waals surface area contributed by atoms with Gasteiger partial charge < -0.3 is 15.3 Å². The molecule has 0 aliphatic heterocycles. The molecule has 0 aromatic heterocycles. The second-order valence-electron chi connectivity index (χ2n) is 12.1. The maximum atomic E-state index is 13.9. The maximum Gasteiger partial charge on any atom is 1.00 e. The van der Waals surface area contributed by atoms with Gasteiger partial charge in [0.1, 0.15) is 15.5 Å². The van der Waals surface area contributed by atoms with Gasteiger partial charge in [0, 0.05) is 5.39 Å². The van der Waals surface area contributed by atoms with Gasteiger partial charge in [0.2, 0.25) is 0 Å². The molecule has 0 bridgehead atoms. The van der Waals surface area contributed by atoms with Gasteiger partial charge in [-0.25, -0.2) is 16.8 Å². The Balaban J connectivity index is 0.00000441. The van der Waals surface area contributed by atoms with Gasteiger partial charge in [-0.3, -0.25) is 23.6 Å². The van der Waals surface area contributed by atoms with Gasteiger partial charge in [0.15, 0.2) is 19.7 Å². The molecule has 3 N–H and O–H groups in total. The molecule has 0 saturated heterocycles. The van der Waals surface area contributed by atoms with Crippen LogP contribution in [0.25, 0.3) is 10.8 Å². The van der Waals surface area contributed by atoms with Crippen LogP contribution >= 0.6 is 0 Å². The van der Waals surface area contributed by atoms with E-state index in [4.69, 9.17) is 0 Å². The van der Waals surface area contributed by atoms with E-state index in [1.807, 2.05) is 0 Å². The molecule has 0 atom stereocenters. The van der Waals surface area contributed by atoms with Gasteiger partial charge in [-0.15, -0.1) is 10.2 Å². The van der Waals surface area contributed by atoms with Crippen molar-refractivity contribution in [2.24, 2.45) is 20.2 Å². The largest absolute Gasteiger partial charge is 1.00 e. The Morgan fingerprint density at radius 3 is 1.47 bits per heavy atom. The van der Waals surface area contributed by atoms with Crippen molar-refractivity contribution in [1.82, 2.24) is 0 Å². The summed E-state index contributed by atoms with van der Waals surface area (Å²) in [4.78, 5) is 3.64. The normalized spacial score (nSPS) is 13.0. The Bertz CT molecular complexity index is 3140. The summed E-state index contributed by atoms with van der Waals surface area (Å²) in [5, 5.41) is 45.0. The van der Waals surface area contributed by atoms with Crippen LogP contribution in [0.5, 0.6) is 5.75 Å². The molecule has 0 unspecified atom stereocenters. The Kier molecular flexibility index (Phi) is 19.7. The predicted octanol–water partition coefficient (Wildman–Crippen LogP) is -6.41. The minimum Gasteiger partial charge on any atom is -0.870 e. The zero-order valence-electron chi connectivity index (χ0n) is 32.5. The van der Waals surface area contributed by atoms with Crippen LogP contribution in [-0.2, 0) is 50.0 Å². The molecule has 0 fully saturated rings. The van der Waals surface area contributed by atoms with Gasteiger partial charge in [-0.2, -0.15) is 25.3 Å². The third kappa shape index (κ3) is 14.2. The quantitative estimate of drug-likeness (QED) is 0.0289. The number of nitrogens with zero attached hydrogens (tertiary/aromatic N) is 4. The standard InChI is InChI=1S/C34H30N4O16S5.3Na/c39-30(13-15-55(42,43)23-7-3-1-4-8-23)35-22-11-12-26(28(19-22)58(49,50)51)37-38-33-29(59(52,53)54)18-21-17-25(57(46,47)48)20-27(32(21)34(33)41)36-31(40)14-16-56(44,45)24-9-5-2-6-10-24;;;/h1-12,17-20,41H,13-16H2,(H,35,39)(H,36,40)(H,46,47,48)(H,49,50,51)(H,52,53,54);;;/q;3*+1/p-3. The van der Waals surface area contributed by atoms with Crippen LogP contribution in [0.4, 0.5) is 22.7 Å². The summed E-state index contributed by atoms with van der Waals surface area (Å²) in [5.74, 6) is -5.20. The number of sulfone groups is 2. The molecule has 0 amide bonds. The third-order valence-electron chi connectivity index (χ3n) is 8.01. The average molecular weight is 977 g/mol. The van der Waals surface area contributed by atoms with Crippen molar-refractivity contribution in [2.45, 2.75) is 37.3 Å². The summed E-state index contributed by atoms with van der Waals surface area (Å²) in [6, 6.07) is 18.1. The molecule has 62 heavy (non-hydrogen) atoms. The predicted molar refractivity (Wildman–Crippen MR) is 204 cm³/mol. The summed E-state index contributed by atoms with van der Waals surface area (Å²) in [6.07, 6.45) is -1.44. The van der Waals surface area contributed by atoms with Crippen molar-refractivity contribution in [3.63, 3.8) is 0 Å². The van der Waals surface area contributed by atoms with Crippen molar-refractivity contribution < 1.29 is 160 Å². The fourth-order valence-electron chi connectivity index (χ4n) is 5.24. The van der Waals surface area contributed by atoms with Gasteiger partial charge in [0.25, 0.3) is 30.4 Å². The van der Waals surface area contributed by atoms with Crippen molar-refractivity contribution in [3.8, 4) is 5.75 Å². The fourth-order valence-corrected chi connectivity index (χ4v) is 9.58. The number of hydrogen-bond donors (Lipinski definition) is 3. The summed E-state index contributed by atoms with van der Waals surface area (Å²) >= 11 is 0. The third-order valence-corrected chi connectivity index (χ3v) is 14.1. The first-order chi connectivity index (χ1) is 27.4. The zero-order chi connectivity index (χ0) is 43.6. The number of rotatable bonds is 15. The first kappa shape index (κ1) is 55.5. The molecule has 0 aliphatic rings. The minimum absolute atomic E-state index is 0. The molecule has 5 rings (SSSR count). The Labute approximate surface area is 421 Å². The number of azo groups is 1. The number of hydrogen-bond acceptors (Lipinski definition) is 17. The van der Waals surface area contributed by atoms with E-state index in [-0.39, 0.29) is 98.5 Å². The van der Waals surface area contributed by atoms with Gasteiger partial charge in [-0.1, -0.05) is 42.1 Å². The molecule has 5 aromatic rings. The number of benzene rings is 5. The maximum absolute atomic E-state index is 13.9. The number of aliphatic imine (C=N–C) groups is 2. The van der Waals surface area contributed by atoms with Gasteiger partial charge in [0.05, 0.1) is 43.3 Å². The average Bonchev–Trinajstić information content (AvgIpc) is 3.15. The molecule has 0 heterocycles. The molecule has 312 valence electrons. The minimum atomic E-state index is -5.47. The Morgan fingerprint density at radius 1 is 0.516 bits per heavy atom. The Morgan fingerprint density at radius 2 is 1.00 bits per heavy atom. The van der Waals surface area contributed by atoms with E-state index < -0.39 is 140 Å². The van der Waals surface area contributed by atoms with Crippen LogP contribution in [0.1, 0.15) is 12.8 Å². The van der Waals surface area contributed by atoms with Crippen LogP contribution in [0.15, 0.2) is 142 Å². The van der Waals surface area contributed by atoms with E-state index in [1.54, 1.807) is 12.1 Å². The fraction of sp³-hybridized carbons (Fsp3) is 0.118. The second kappa shape index (κ2) is 22.0. The van der Waals surface area contributed by atoms with Crippen molar-refractivity contribution in [3.05, 3.63) is 97.1 Å². The summed E-state index contributed by atoms with van der Waals surface area (Å²) in [6.45, 7) is 0. The summed E-state index contributed by atoms with van der Waals surface area (Å²) in [5.41, 5.74) is -3.31. The summed E-state index contributed by atoms with van der Waals surface area (Å²) in [7, 11) is -23.8. The van der Waals surface area contributed by atoms with Gasteiger partial charge >= 0.3 is 88.7 Å². The second-order valence-corrected chi connectivity index (χ2v) is 20.6. The molecule has 0 radical (unpaired) electrons. The molecular formula is C34H27N4Na3O16S5. The van der Waals surface area contributed by atoms with Crippen LogP contribution < -0.4 is 104 Å². The van der Waals surface area contributed by atoms with Crippen molar-refractivity contribution in [1.29, 1.82) is 0 Å². The molecule has 28 heteroatoms. The van der Waals surface area contributed by atoms with Gasteiger partial charge in [-0.05, 0) is 90.7 Å². The van der Waals surface area contributed by atoms with Crippen LogP contribution in [0.3, 0.4) is 0 Å². The molecular weight excluding hydrogens is 950 g/mol. The first-order valence-electron chi connectivity index (χ1n) is 16.2. The van der Waals surface area contributed by atoms with E-state index in [1.165, 1.54) is 48.5 Å².